The van der Waals surface area contributed by atoms with Crippen LogP contribution in [0.2, 0.25) is 0 Å². The summed E-state index contributed by atoms with van der Waals surface area (Å²) < 4.78 is 39.2. The van der Waals surface area contributed by atoms with E-state index in [-0.39, 0.29) is 17.9 Å². The maximum atomic E-state index is 13.1. The topological polar surface area (TPSA) is 56.8 Å². The van der Waals surface area contributed by atoms with Crippen LogP contribution in [-0.4, -0.2) is 76.8 Å². The van der Waals surface area contributed by atoms with Crippen molar-refractivity contribution in [3.8, 4) is 11.1 Å². The molecule has 10 heteroatoms. The number of rotatable bonds is 4. The summed E-state index contributed by atoms with van der Waals surface area (Å²) in [5.41, 5.74) is 0.726. The van der Waals surface area contributed by atoms with E-state index in [4.69, 9.17) is 0 Å². The quantitative estimate of drug-likeness (QED) is 0.541. The molecule has 2 aromatic carbocycles. The number of thiazole rings is 1. The van der Waals surface area contributed by atoms with E-state index in [0.717, 1.165) is 25.2 Å². The van der Waals surface area contributed by atoms with Crippen LogP contribution in [0.5, 0.6) is 0 Å². The van der Waals surface area contributed by atoms with Crippen LogP contribution in [0.25, 0.3) is 11.1 Å². The molecule has 182 valence electrons. The number of carbonyl (C=O) groups is 2. The van der Waals surface area contributed by atoms with Crippen LogP contribution >= 0.6 is 11.3 Å². The lowest BCUT2D eigenvalue weighted by Crippen LogP contribution is -2.64. The molecule has 35 heavy (non-hydrogen) atoms. The third-order valence-electron chi connectivity index (χ3n) is 6.52. The van der Waals surface area contributed by atoms with Crippen molar-refractivity contribution in [3.05, 3.63) is 76.2 Å². The monoisotopic (exact) mass is 500 g/mol. The van der Waals surface area contributed by atoms with Gasteiger partial charge in [-0.25, -0.2) is 4.98 Å². The summed E-state index contributed by atoms with van der Waals surface area (Å²) in [5.74, 6) is -0.168. The maximum Gasteiger partial charge on any atom is 0.416 e. The summed E-state index contributed by atoms with van der Waals surface area (Å²) in [4.78, 5) is 35.4. The second-order valence-electron chi connectivity index (χ2n) is 8.69. The highest BCUT2D eigenvalue weighted by atomic mass is 32.1. The Bertz CT molecular complexity index is 1220. The van der Waals surface area contributed by atoms with E-state index in [1.54, 1.807) is 46.8 Å². The normalized spacial score (nSPS) is 17.3. The minimum Gasteiger partial charge on any atom is -0.335 e. The van der Waals surface area contributed by atoms with Gasteiger partial charge in [0.05, 0.1) is 5.56 Å². The molecule has 5 rings (SSSR count). The number of hydrogen-bond acceptors (Lipinski definition) is 5. The second-order valence-corrected chi connectivity index (χ2v) is 9.58. The number of halogens is 3. The molecule has 6 nitrogen and oxygen atoms in total. The highest BCUT2D eigenvalue weighted by Gasteiger charge is 2.37. The van der Waals surface area contributed by atoms with Gasteiger partial charge in [-0.05, 0) is 35.4 Å². The van der Waals surface area contributed by atoms with E-state index in [1.807, 2.05) is 4.90 Å². The SMILES string of the molecule is O=C(c1cccc(-c2cccc(C(F)(F)F)c2)c1)N1CC(N2CCN(C(=O)c3nccs3)CC2)C1. The molecule has 2 fully saturated rings. The minimum atomic E-state index is -4.42. The first kappa shape index (κ1) is 23.5. The molecule has 2 aliphatic rings. The predicted molar refractivity (Wildman–Crippen MR) is 126 cm³/mol. The molecule has 1 aromatic heterocycles. The number of alkyl halides is 3. The van der Waals surface area contributed by atoms with E-state index < -0.39 is 11.7 Å². The van der Waals surface area contributed by atoms with Gasteiger partial charge in [0, 0.05) is 62.5 Å². The molecule has 0 N–H and O–H groups in total. The number of benzene rings is 2. The van der Waals surface area contributed by atoms with Gasteiger partial charge in [-0.1, -0.05) is 24.3 Å². The number of aromatic nitrogens is 1. The van der Waals surface area contributed by atoms with Crippen LogP contribution in [0.3, 0.4) is 0 Å². The lowest BCUT2D eigenvalue weighted by molar-refractivity contribution is -0.137. The van der Waals surface area contributed by atoms with E-state index >= 15 is 0 Å². The highest BCUT2D eigenvalue weighted by Crippen LogP contribution is 2.32. The number of likely N-dealkylation sites (tertiary alicyclic amines) is 1. The summed E-state index contributed by atoms with van der Waals surface area (Å²) >= 11 is 1.34. The molecule has 2 saturated heterocycles. The average Bonchev–Trinajstić information content (AvgIpc) is 3.38. The molecular weight excluding hydrogens is 477 g/mol. The molecule has 2 amide bonds. The minimum absolute atomic E-state index is 0.0364. The number of nitrogens with zero attached hydrogens (tertiary/aromatic N) is 4. The summed E-state index contributed by atoms with van der Waals surface area (Å²) in [6.07, 6.45) is -2.79. The summed E-state index contributed by atoms with van der Waals surface area (Å²) in [6.45, 7) is 3.92. The molecule has 0 aliphatic carbocycles. The van der Waals surface area contributed by atoms with Gasteiger partial charge in [-0.3, -0.25) is 14.5 Å². The van der Waals surface area contributed by atoms with Gasteiger partial charge in [-0.2, -0.15) is 13.2 Å². The zero-order valence-corrected chi connectivity index (χ0v) is 19.6. The van der Waals surface area contributed by atoms with E-state index in [9.17, 15) is 22.8 Å². The maximum absolute atomic E-state index is 13.1. The molecule has 3 heterocycles. The van der Waals surface area contributed by atoms with Crippen LogP contribution in [0, 0.1) is 0 Å². The number of amides is 2. The largest absolute Gasteiger partial charge is 0.416 e. The van der Waals surface area contributed by atoms with Crippen molar-refractivity contribution in [2.24, 2.45) is 0 Å². The van der Waals surface area contributed by atoms with Crippen molar-refractivity contribution >= 4 is 23.2 Å². The predicted octanol–water partition coefficient (Wildman–Crippen LogP) is 4.11. The van der Waals surface area contributed by atoms with Crippen molar-refractivity contribution in [3.63, 3.8) is 0 Å². The Morgan fingerprint density at radius 3 is 2.23 bits per heavy atom. The Morgan fingerprint density at radius 1 is 0.886 bits per heavy atom. The second kappa shape index (κ2) is 9.43. The van der Waals surface area contributed by atoms with Crippen LogP contribution in [0.4, 0.5) is 13.2 Å². The summed E-state index contributed by atoms with van der Waals surface area (Å²) in [6, 6.07) is 12.1. The fraction of sp³-hybridized carbons (Fsp3) is 0.320. The van der Waals surface area contributed by atoms with Crippen LogP contribution in [0.15, 0.2) is 60.1 Å². The average molecular weight is 501 g/mol. The van der Waals surface area contributed by atoms with Crippen molar-refractivity contribution in [2.75, 3.05) is 39.3 Å². The lowest BCUT2D eigenvalue weighted by atomic mass is 9.99. The van der Waals surface area contributed by atoms with Crippen molar-refractivity contribution < 1.29 is 22.8 Å². The Hall–Kier alpha value is -3.24. The number of hydrogen-bond donors (Lipinski definition) is 0. The van der Waals surface area contributed by atoms with Crippen LogP contribution in [-0.2, 0) is 6.18 Å². The first-order valence-corrected chi connectivity index (χ1v) is 12.2. The van der Waals surface area contributed by atoms with Crippen molar-refractivity contribution in [1.29, 1.82) is 0 Å². The first-order chi connectivity index (χ1) is 16.8. The molecule has 0 saturated carbocycles. The summed E-state index contributed by atoms with van der Waals surface area (Å²) in [5, 5.41) is 2.30. The zero-order chi connectivity index (χ0) is 24.6. The zero-order valence-electron chi connectivity index (χ0n) is 18.7. The van der Waals surface area contributed by atoms with Gasteiger partial charge >= 0.3 is 6.18 Å². The van der Waals surface area contributed by atoms with Crippen molar-refractivity contribution in [1.82, 2.24) is 19.7 Å². The van der Waals surface area contributed by atoms with Crippen LogP contribution < -0.4 is 0 Å². The Labute approximate surface area is 204 Å². The molecule has 0 bridgehead atoms. The fourth-order valence-electron chi connectivity index (χ4n) is 4.50. The third-order valence-corrected chi connectivity index (χ3v) is 7.28. The number of piperazine rings is 1. The molecule has 0 atom stereocenters. The van der Waals surface area contributed by atoms with Gasteiger partial charge in [0.15, 0.2) is 5.01 Å². The molecule has 0 radical (unpaired) electrons. The van der Waals surface area contributed by atoms with Gasteiger partial charge < -0.3 is 9.80 Å². The Kier molecular flexibility index (Phi) is 6.33. The number of carbonyl (C=O) groups excluding carboxylic acids is 2. The van der Waals surface area contributed by atoms with E-state index in [2.05, 4.69) is 9.88 Å². The molecule has 2 aliphatic heterocycles. The van der Waals surface area contributed by atoms with Gasteiger partial charge in [0.25, 0.3) is 11.8 Å². The Balaban J connectivity index is 1.17. The standard InChI is InChI=1S/C25H23F3N4O2S/c26-25(27,28)20-6-2-4-18(14-20)17-3-1-5-19(13-17)23(33)32-15-21(16-32)30-8-10-31(11-9-30)24(34)22-29-7-12-35-22/h1-7,12-14,21H,8-11,15-16H2. The van der Waals surface area contributed by atoms with Crippen LogP contribution in [0.1, 0.15) is 25.7 Å². The van der Waals surface area contributed by atoms with Gasteiger partial charge in [0.1, 0.15) is 0 Å². The van der Waals surface area contributed by atoms with Crippen molar-refractivity contribution in [2.45, 2.75) is 12.2 Å². The molecule has 3 aromatic rings. The van der Waals surface area contributed by atoms with Gasteiger partial charge in [0.2, 0.25) is 0 Å². The fourth-order valence-corrected chi connectivity index (χ4v) is 5.10. The molecule has 0 unspecified atom stereocenters. The Morgan fingerprint density at radius 2 is 1.57 bits per heavy atom. The lowest BCUT2D eigenvalue weighted by Gasteiger charge is -2.48. The van der Waals surface area contributed by atoms with E-state index in [1.165, 1.54) is 17.4 Å². The van der Waals surface area contributed by atoms with Gasteiger partial charge in [-0.15, -0.1) is 11.3 Å². The molecular formula is C25H23F3N4O2S. The first-order valence-electron chi connectivity index (χ1n) is 11.3. The smallest absolute Gasteiger partial charge is 0.335 e. The van der Waals surface area contributed by atoms with E-state index in [0.29, 0.717) is 47.9 Å². The molecule has 0 spiro atoms. The summed E-state index contributed by atoms with van der Waals surface area (Å²) in [7, 11) is 0. The highest BCUT2D eigenvalue weighted by molar-refractivity contribution is 7.11. The third kappa shape index (κ3) is 4.94.